The zero-order valence-corrected chi connectivity index (χ0v) is 25.6. The van der Waals surface area contributed by atoms with Crippen LogP contribution in [0.2, 0.25) is 0 Å². The molecule has 0 spiro atoms. The summed E-state index contributed by atoms with van der Waals surface area (Å²) in [6.07, 6.45) is 1.43. The second-order valence-corrected chi connectivity index (χ2v) is 4.82. The van der Waals surface area contributed by atoms with Gasteiger partial charge in [0, 0.05) is 0 Å². The molecular weight excluding hydrogens is 806 g/mol. The van der Waals surface area contributed by atoms with Crippen LogP contribution in [0.1, 0.15) is 11.1 Å². The van der Waals surface area contributed by atoms with Crippen LogP contribution < -0.4 is 5.43 Å². The molecule has 0 aliphatic rings. The van der Waals surface area contributed by atoms with Crippen LogP contribution in [0.3, 0.4) is 0 Å². The number of hydrogen-bond donors (Lipinski definition) is 2. The van der Waals surface area contributed by atoms with Crippen molar-refractivity contribution in [2.45, 2.75) is 13.2 Å². The molecule has 0 atom stereocenters. The molecule has 3 aromatic rings. The minimum Gasteiger partial charge on any atom is -0.463 e. The van der Waals surface area contributed by atoms with Crippen LogP contribution in [0.25, 0.3) is 22.1 Å². The summed E-state index contributed by atoms with van der Waals surface area (Å²) in [7, 11) is 0. The van der Waals surface area contributed by atoms with Crippen LogP contribution in [0, 0.1) is 0 Å². The summed E-state index contributed by atoms with van der Waals surface area (Å²) >= 11 is 0. The molecule has 0 saturated heterocycles. The van der Waals surface area contributed by atoms with E-state index in [1.807, 2.05) is 0 Å². The van der Waals surface area contributed by atoms with Crippen molar-refractivity contribution in [3.05, 3.63) is 70.1 Å². The molecule has 0 aliphatic heterocycles. The molecule has 110 valence electrons. The normalized spacial score (nSPS) is 10.0. The number of fused-ring (bicyclic) bond motifs is 1. The van der Waals surface area contributed by atoms with Crippen molar-refractivity contribution in [3.63, 3.8) is 0 Å². The van der Waals surface area contributed by atoms with Crippen molar-refractivity contribution in [3.8, 4) is 11.1 Å². The Kier molecular flexibility index (Phi) is 4.59. The Balaban J connectivity index is 0.00000132. The Labute approximate surface area is 120 Å². The number of aliphatic hydroxyl groups excluding tert-OH is 2. The molecule has 2 N–H and O–H groups in total. The van der Waals surface area contributed by atoms with Gasteiger partial charge in [-0.3, -0.25) is 4.79 Å². The van der Waals surface area contributed by atoms with Gasteiger partial charge in [0.15, 0.2) is 5.43 Å². The first-order valence-electron chi connectivity index (χ1n) is 6.58. The Morgan fingerprint density at radius 1 is 0.870 bits per heavy atom. The first-order chi connectivity index (χ1) is 10.2. The summed E-state index contributed by atoms with van der Waals surface area (Å²) < 4.78 is 5.52. The summed E-state index contributed by atoms with van der Waals surface area (Å²) in [5.74, 6) is 0. The molecule has 0 radical (unpaired) electrons. The average molecular weight is 820 g/mol. The van der Waals surface area contributed by atoms with Crippen molar-refractivity contribution in [2.75, 3.05) is 0 Å². The van der Waals surface area contributed by atoms with Crippen molar-refractivity contribution in [1.82, 2.24) is 0 Å². The summed E-state index contributed by atoms with van der Waals surface area (Å²) in [6, 6.07) is 12.1. The van der Waals surface area contributed by atoms with E-state index < -0.39 is 0 Å². The first kappa shape index (κ1) is 16.6. The third-order valence-electron chi connectivity index (χ3n) is 3.47. The fourth-order valence-corrected chi connectivity index (χ4v) is 2.26. The second kappa shape index (κ2) is 6.35. The van der Waals surface area contributed by atoms with Gasteiger partial charge in [-0.25, -0.2) is 0 Å². The van der Waals surface area contributed by atoms with E-state index in [0.717, 1.165) is 11.1 Å². The Bertz CT molecular complexity index is 841. The summed E-state index contributed by atoms with van der Waals surface area (Å²) in [5, 5.41) is 18.6. The smallest absolute Gasteiger partial charge is 0.200 e. The van der Waals surface area contributed by atoms with Crippen LogP contribution >= 0.6 is 0 Å². The van der Waals surface area contributed by atoms with E-state index in [2.05, 4.69) is 0 Å². The maximum Gasteiger partial charge on any atom is 0.200 e. The number of hydrogen-bond acceptors (Lipinski definition) is 4. The largest absolute Gasteiger partial charge is 0.463 e. The van der Waals surface area contributed by atoms with Gasteiger partial charge < -0.3 is 14.6 Å². The molecule has 4 nitrogen and oxygen atoms in total. The maximum atomic E-state index is 12.5. The summed E-state index contributed by atoms with van der Waals surface area (Å²) in [4.78, 5) is 12.5. The summed E-state index contributed by atoms with van der Waals surface area (Å²) in [5.41, 5.74) is 3.06. The van der Waals surface area contributed by atoms with Crippen LogP contribution in [0.15, 0.2) is 57.9 Å². The fraction of sp³-hybridized carbons (Fsp3) is 0.118. The van der Waals surface area contributed by atoms with Crippen molar-refractivity contribution < 1.29 is 14.6 Å². The predicted molar refractivity (Wildman–Crippen MR) is 79.8 cm³/mol. The van der Waals surface area contributed by atoms with Crippen LogP contribution in [0.5, 0.6) is 0 Å². The molecule has 3 rings (SSSR count). The van der Waals surface area contributed by atoms with Gasteiger partial charge in [-0.05, 0) is 28.8 Å². The minimum absolute atomic E-state index is 0. The van der Waals surface area contributed by atoms with Crippen LogP contribution in [-0.2, 0) is 13.2 Å². The van der Waals surface area contributed by atoms with Gasteiger partial charge in [0.2, 0.25) is 0 Å². The molecule has 2 aromatic carbocycles. The molecule has 0 saturated carbocycles. The molecule has 1 aromatic heterocycles. The van der Waals surface area contributed by atoms with Crippen molar-refractivity contribution >= 4 is 11.0 Å². The van der Waals surface area contributed by atoms with E-state index in [1.54, 1.807) is 42.5 Å². The molecule has 1 heterocycles. The van der Waals surface area contributed by atoms with Crippen LogP contribution in [-0.4, -0.2) is 10.2 Å². The molecule has 0 bridgehead atoms. The SMILES string of the molecule is O=c1c(-c2ccc(CO)cc2)coc2cc(CO)ccc12.[Sg].[Sg]. The second-order valence-electron chi connectivity index (χ2n) is 4.82. The Hall–Kier alpha value is -4.43. The fourth-order valence-electron chi connectivity index (χ4n) is 2.26. The number of rotatable bonds is 3. The molecule has 0 aliphatic carbocycles. The Morgan fingerprint density at radius 3 is 2.09 bits per heavy atom. The molecular formula is C17H14O4Sg2. The molecule has 23 heavy (non-hydrogen) atoms. The molecule has 0 amide bonds. The van der Waals surface area contributed by atoms with E-state index in [4.69, 9.17) is 14.6 Å². The molecule has 0 unspecified atom stereocenters. The Morgan fingerprint density at radius 2 is 1.48 bits per heavy atom. The average Bonchev–Trinajstić information content (AvgIpc) is 2.55. The maximum absolute atomic E-state index is 12.5. The number of benzene rings is 2. The zero-order chi connectivity index (χ0) is 14.8. The van der Waals surface area contributed by atoms with Gasteiger partial charge in [0.25, 0.3) is 0 Å². The van der Waals surface area contributed by atoms with Gasteiger partial charge in [0.05, 0.1) is 24.2 Å². The molecule has 6 heteroatoms. The predicted octanol–water partition coefficient (Wildman–Crippen LogP) is 2.44. The number of aliphatic hydroxyl groups is 2. The van der Waals surface area contributed by atoms with Gasteiger partial charge in [-0.2, -0.15) is 0 Å². The van der Waals surface area contributed by atoms with E-state index in [1.165, 1.54) is 6.26 Å². The van der Waals surface area contributed by atoms with Gasteiger partial charge in [-0.1, -0.05) is 30.3 Å². The monoisotopic (exact) mass is 824 g/mol. The van der Waals surface area contributed by atoms with Crippen LogP contribution in [0.4, 0.5) is 0 Å². The molecule has 0 fully saturated rings. The summed E-state index contributed by atoms with van der Waals surface area (Å²) in [6.45, 7) is -0.124. The van der Waals surface area contributed by atoms with E-state index in [-0.39, 0.29) is 18.6 Å². The third kappa shape index (κ3) is 2.72. The minimum atomic E-state index is -0.113. The first-order valence-corrected chi connectivity index (χ1v) is 6.58. The van der Waals surface area contributed by atoms with E-state index in [0.29, 0.717) is 22.1 Å². The standard InChI is InChI=1S/C17H14O4.2Sg/c18-8-11-1-4-13(5-2-11)15-10-21-16-7-12(9-19)3-6-14(16)17(15)20;;/h1-7,10,18-19H,8-9H2;;. The van der Waals surface area contributed by atoms with Crippen molar-refractivity contribution in [2.24, 2.45) is 0 Å². The topological polar surface area (TPSA) is 70.7 Å². The van der Waals surface area contributed by atoms with E-state index in [9.17, 15) is 4.79 Å². The van der Waals surface area contributed by atoms with E-state index >= 15 is 0 Å². The van der Waals surface area contributed by atoms with Crippen molar-refractivity contribution in [1.29, 1.82) is 0 Å². The van der Waals surface area contributed by atoms with Gasteiger partial charge >= 0.3 is 0 Å². The third-order valence-corrected chi connectivity index (χ3v) is 3.47. The van der Waals surface area contributed by atoms with Gasteiger partial charge in [0.1, 0.15) is 11.8 Å². The quantitative estimate of drug-likeness (QED) is 0.427. The zero-order valence-electron chi connectivity index (χ0n) is 12.7. The van der Waals surface area contributed by atoms with Gasteiger partial charge in [-0.15, -0.1) is 0 Å².